The lowest BCUT2D eigenvalue weighted by Crippen LogP contribution is -2.13. The minimum atomic E-state index is -0.445. The van der Waals surface area contributed by atoms with Gasteiger partial charge >= 0.3 is 0 Å². The molecule has 0 aliphatic rings. The molecule has 3 aromatic carbocycles. The highest BCUT2D eigenvalue weighted by atomic mass is 16.6. The Morgan fingerprint density at radius 1 is 0.897 bits per heavy atom. The summed E-state index contributed by atoms with van der Waals surface area (Å²) in [6, 6.07) is 21.4. The van der Waals surface area contributed by atoms with Crippen molar-refractivity contribution in [1.29, 1.82) is 0 Å². The predicted octanol–water partition coefficient (Wildman–Crippen LogP) is 4.65. The van der Waals surface area contributed by atoms with Gasteiger partial charge in [-0.15, -0.1) is 0 Å². The average molecular weight is 387 g/mol. The van der Waals surface area contributed by atoms with Crippen LogP contribution < -0.4 is 15.6 Å². The molecular formula is C21H17N5O3. The minimum absolute atomic E-state index is 0.0447. The summed E-state index contributed by atoms with van der Waals surface area (Å²) in [5, 5.41) is 11.3. The van der Waals surface area contributed by atoms with E-state index >= 15 is 0 Å². The van der Waals surface area contributed by atoms with Gasteiger partial charge in [0.15, 0.2) is 5.82 Å². The Balaban J connectivity index is 1.78. The Bertz CT molecular complexity index is 1180. The number of nitro groups is 1. The summed E-state index contributed by atoms with van der Waals surface area (Å²) in [5.41, 5.74) is 8.98. The molecule has 0 saturated carbocycles. The minimum Gasteiger partial charge on any atom is -0.497 e. The number of fused-ring (bicyclic) bond motifs is 1. The van der Waals surface area contributed by atoms with E-state index in [1.165, 1.54) is 6.07 Å². The van der Waals surface area contributed by atoms with Gasteiger partial charge in [0, 0.05) is 17.7 Å². The molecule has 0 radical (unpaired) electrons. The van der Waals surface area contributed by atoms with E-state index in [1.807, 2.05) is 42.5 Å². The Labute approximate surface area is 166 Å². The van der Waals surface area contributed by atoms with Gasteiger partial charge in [0.1, 0.15) is 17.1 Å². The van der Waals surface area contributed by atoms with E-state index in [4.69, 9.17) is 9.72 Å². The molecular weight excluding hydrogens is 370 g/mol. The highest BCUT2D eigenvalue weighted by molar-refractivity contribution is 5.84. The molecule has 0 aliphatic heterocycles. The number of ether oxygens (including phenoxy) is 1. The van der Waals surface area contributed by atoms with Crippen molar-refractivity contribution < 1.29 is 9.66 Å². The molecule has 4 rings (SSSR count). The van der Waals surface area contributed by atoms with Crippen LogP contribution in [-0.4, -0.2) is 22.0 Å². The second-order valence-corrected chi connectivity index (χ2v) is 6.17. The number of methoxy groups -OCH3 is 1. The van der Waals surface area contributed by atoms with Gasteiger partial charge in [-0.1, -0.05) is 42.5 Å². The fourth-order valence-electron chi connectivity index (χ4n) is 2.91. The van der Waals surface area contributed by atoms with E-state index in [9.17, 15) is 10.1 Å². The van der Waals surface area contributed by atoms with E-state index in [0.717, 1.165) is 5.56 Å². The van der Waals surface area contributed by atoms with Crippen LogP contribution in [0.25, 0.3) is 22.3 Å². The van der Waals surface area contributed by atoms with Crippen molar-refractivity contribution in [2.45, 2.75) is 0 Å². The lowest BCUT2D eigenvalue weighted by molar-refractivity contribution is -0.383. The second kappa shape index (κ2) is 7.81. The molecule has 2 N–H and O–H groups in total. The van der Waals surface area contributed by atoms with E-state index in [1.54, 1.807) is 31.4 Å². The molecule has 0 fully saturated rings. The van der Waals surface area contributed by atoms with Crippen LogP contribution in [0.5, 0.6) is 5.75 Å². The van der Waals surface area contributed by atoms with Crippen LogP contribution in [0, 0.1) is 10.1 Å². The Kier molecular flexibility index (Phi) is 4.90. The zero-order chi connectivity index (χ0) is 20.2. The second-order valence-electron chi connectivity index (χ2n) is 6.17. The highest BCUT2D eigenvalue weighted by Gasteiger charge is 2.15. The van der Waals surface area contributed by atoms with Crippen molar-refractivity contribution in [2.75, 3.05) is 18.0 Å². The third-order valence-corrected chi connectivity index (χ3v) is 4.33. The van der Waals surface area contributed by atoms with Gasteiger partial charge in [-0.25, -0.2) is 9.97 Å². The summed E-state index contributed by atoms with van der Waals surface area (Å²) in [5.74, 6) is 1.10. The maximum Gasteiger partial charge on any atom is 0.294 e. The molecule has 0 atom stereocenters. The van der Waals surface area contributed by atoms with Crippen LogP contribution in [0.2, 0.25) is 0 Å². The number of hydrogen-bond donors (Lipinski definition) is 2. The topological polar surface area (TPSA) is 102 Å². The van der Waals surface area contributed by atoms with E-state index in [2.05, 4.69) is 15.8 Å². The van der Waals surface area contributed by atoms with Gasteiger partial charge in [0.05, 0.1) is 23.1 Å². The van der Waals surface area contributed by atoms with Crippen molar-refractivity contribution in [3.8, 4) is 17.0 Å². The van der Waals surface area contributed by atoms with Crippen LogP contribution >= 0.6 is 0 Å². The molecule has 0 spiro atoms. The predicted molar refractivity (Wildman–Crippen MR) is 112 cm³/mol. The molecule has 0 bridgehead atoms. The molecule has 4 aromatic rings. The summed E-state index contributed by atoms with van der Waals surface area (Å²) >= 11 is 0. The van der Waals surface area contributed by atoms with Gasteiger partial charge in [-0.2, -0.15) is 0 Å². The van der Waals surface area contributed by atoms with E-state index in [0.29, 0.717) is 34.0 Å². The first-order chi connectivity index (χ1) is 14.2. The van der Waals surface area contributed by atoms with Gasteiger partial charge in [-0.3, -0.25) is 21.0 Å². The zero-order valence-electron chi connectivity index (χ0n) is 15.5. The molecule has 8 heteroatoms. The first kappa shape index (κ1) is 18.2. The number of hydrazine groups is 1. The summed E-state index contributed by atoms with van der Waals surface area (Å²) in [6.45, 7) is 0. The SMILES string of the molecule is COc1ccc2nc(-c3ccccc3)c(NNc3ccccc3[N+](=O)[O-])nc2c1. The molecule has 1 aromatic heterocycles. The fraction of sp³-hybridized carbons (Fsp3) is 0.0476. The van der Waals surface area contributed by atoms with E-state index in [-0.39, 0.29) is 5.69 Å². The van der Waals surface area contributed by atoms with Crippen molar-refractivity contribution in [3.05, 3.63) is 82.9 Å². The number of aromatic nitrogens is 2. The fourth-order valence-corrected chi connectivity index (χ4v) is 2.91. The first-order valence-electron chi connectivity index (χ1n) is 8.82. The van der Waals surface area contributed by atoms with Gasteiger partial charge in [0.2, 0.25) is 0 Å². The molecule has 1 heterocycles. The van der Waals surface area contributed by atoms with E-state index < -0.39 is 4.92 Å². The maximum absolute atomic E-state index is 11.3. The van der Waals surface area contributed by atoms with Crippen LogP contribution in [0.4, 0.5) is 17.2 Å². The molecule has 144 valence electrons. The summed E-state index contributed by atoms with van der Waals surface area (Å²) < 4.78 is 5.27. The quantitative estimate of drug-likeness (QED) is 0.367. The molecule has 0 aliphatic carbocycles. The number of anilines is 2. The average Bonchev–Trinajstić information content (AvgIpc) is 2.77. The largest absolute Gasteiger partial charge is 0.497 e. The Morgan fingerprint density at radius 3 is 2.41 bits per heavy atom. The first-order valence-corrected chi connectivity index (χ1v) is 8.82. The standard InChI is InChI=1S/C21H17N5O3/c1-29-15-11-12-16-18(13-15)23-21(20(22-16)14-7-3-2-4-8-14)25-24-17-9-5-6-10-19(17)26(27)28/h2-13,24H,1H3,(H,23,25). The van der Waals surface area contributed by atoms with Gasteiger partial charge < -0.3 is 4.74 Å². The Hall–Kier alpha value is -4.20. The molecule has 0 amide bonds. The van der Waals surface area contributed by atoms with Crippen molar-refractivity contribution >= 4 is 28.2 Å². The third kappa shape index (κ3) is 3.77. The molecule has 29 heavy (non-hydrogen) atoms. The highest BCUT2D eigenvalue weighted by Crippen LogP contribution is 2.29. The van der Waals surface area contributed by atoms with Crippen LogP contribution in [0.15, 0.2) is 72.8 Å². The number of nitrogens with zero attached hydrogens (tertiary/aromatic N) is 3. The van der Waals surface area contributed by atoms with Crippen molar-refractivity contribution in [1.82, 2.24) is 9.97 Å². The van der Waals surface area contributed by atoms with Crippen LogP contribution in [-0.2, 0) is 0 Å². The number of hydrogen-bond acceptors (Lipinski definition) is 7. The number of benzene rings is 3. The van der Waals surface area contributed by atoms with Crippen molar-refractivity contribution in [2.24, 2.45) is 0 Å². The Morgan fingerprint density at radius 2 is 1.66 bits per heavy atom. The van der Waals surface area contributed by atoms with Crippen LogP contribution in [0.1, 0.15) is 0 Å². The summed E-state index contributed by atoms with van der Waals surface area (Å²) in [6.07, 6.45) is 0. The maximum atomic E-state index is 11.3. The number of nitrogens with one attached hydrogen (secondary N) is 2. The van der Waals surface area contributed by atoms with Crippen LogP contribution in [0.3, 0.4) is 0 Å². The lowest BCUT2D eigenvalue weighted by atomic mass is 10.1. The molecule has 8 nitrogen and oxygen atoms in total. The monoisotopic (exact) mass is 387 g/mol. The lowest BCUT2D eigenvalue weighted by Gasteiger charge is -2.14. The molecule has 0 unspecified atom stereocenters. The zero-order valence-corrected chi connectivity index (χ0v) is 15.5. The number of para-hydroxylation sites is 2. The summed E-state index contributed by atoms with van der Waals surface area (Å²) in [7, 11) is 1.59. The summed E-state index contributed by atoms with van der Waals surface area (Å²) in [4.78, 5) is 20.2. The number of rotatable bonds is 6. The van der Waals surface area contributed by atoms with Crippen molar-refractivity contribution in [3.63, 3.8) is 0 Å². The van der Waals surface area contributed by atoms with Gasteiger partial charge in [0.25, 0.3) is 5.69 Å². The number of nitro benzene ring substituents is 1. The molecule has 0 saturated heterocycles. The smallest absolute Gasteiger partial charge is 0.294 e. The normalized spacial score (nSPS) is 10.5. The van der Waals surface area contributed by atoms with Gasteiger partial charge in [-0.05, 0) is 18.2 Å². The third-order valence-electron chi connectivity index (χ3n) is 4.33.